The molecule has 0 fully saturated rings. The van der Waals surface area contributed by atoms with Gasteiger partial charge in [0.15, 0.2) is 5.76 Å². The standard InChI is InChI=1S/C21H23NO4/c1-12(2)9-22-10-16-17(24-11-22)7-13(3)19-20(23)18(26-21(16)19)8-15-6-5-14(4)25-15/h5-8,12H,9-11H2,1-4H3/b18-8-. The van der Waals surface area contributed by atoms with E-state index in [9.17, 15) is 4.79 Å². The van der Waals surface area contributed by atoms with Crippen LogP contribution in [0.4, 0.5) is 0 Å². The fourth-order valence-electron chi connectivity index (χ4n) is 3.57. The topological polar surface area (TPSA) is 51.9 Å². The molecule has 0 spiro atoms. The number of fused-ring (bicyclic) bond motifs is 3. The number of allylic oxidation sites excluding steroid dienone is 1. The number of ketones is 1. The number of nitrogens with zero attached hydrogens (tertiary/aromatic N) is 1. The number of benzene rings is 1. The fourth-order valence-corrected chi connectivity index (χ4v) is 3.57. The Bertz CT molecular complexity index is 907. The lowest BCUT2D eigenvalue weighted by Gasteiger charge is -2.31. The summed E-state index contributed by atoms with van der Waals surface area (Å²) < 4.78 is 17.5. The average Bonchev–Trinajstić information content (AvgIpc) is 3.12. The second-order valence-electron chi connectivity index (χ2n) is 7.44. The first kappa shape index (κ1) is 16.9. The molecule has 2 aromatic rings. The minimum absolute atomic E-state index is 0.102. The van der Waals surface area contributed by atoms with Gasteiger partial charge in [0.25, 0.3) is 0 Å². The molecule has 0 amide bonds. The van der Waals surface area contributed by atoms with Crippen LogP contribution in [0.15, 0.2) is 28.4 Å². The fraction of sp³-hybridized carbons (Fsp3) is 0.381. The van der Waals surface area contributed by atoms with Crippen LogP contribution in [0.1, 0.15) is 46.9 Å². The highest BCUT2D eigenvalue weighted by atomic mass is 16.5. The monoisotopic (exact) mass is 353 g/mol. The molecule has 136 valence electrons. The van der Waals surface area contributed by atoms with Gasteiger partial charge in [-0.3, -0.25) is 9.69 Å². The molecule has 0 saturated heterocycles. The molecule has 0 unspecified atom stereocenters. The van der Waals surface area contributed by atoms with Crippen molar-refractivity contribution in [1.29, 1.82) is 0 Å². The molecule has 0 N–H and O–H groups in total. The summed E-state index contributed by atoms with van der Waals surface area (Å²) in [6.07, 6.45) is 1.66. The van der Waals surface area contributed by atoms with Gasteiger partial charge in [0.2, 0.25) is 5.78 Å². The maximum atomic E-state index is 12.9. The van der Waals surface area contributed by atoms with Crippen LogP contribution in [0.25, 0.3) is 6.08 Å². The molecule has 2 aliphatic rings. The Kier molecular flexibility index (Phi) is 4.11. The third kappa shape index (κ3) is 2.92. The van der Waals surface area contributed by atoms with Crippen molar-refractivity contribution in [3.8, 4) is 11.5 Å². The Morgan fingerprint density at radius 1 is 1.27 bits per heavy atom. The summed E-state index contributed by atoms with van der Waals surface area (Å²) in [5.41, 5.74) is 2.46. The van der Waals surface area contributed by atoms with Crippen molar-refractivity contribution >= 4 is 11.9 Å². The highest BCUT2D eigenvalue weighted by Gasteiger charge is 2.35. The third-order valence-corrected chi connectivity index (χ3v) is 4.65. The summed E-state index contributed by atoms with van der Waals surface area (Å²) in [5.74, 6) is 3.59. The molecular formula is C21H23NO4. The lowest BCUT2D eigenvalue weighted by molar-refractivity contribution is 0.0831. The van der Waals surface area contributed by atoms with E-state index in [-0.39, 0.29) is 5.78 Å². The second kappa shape index (κ2) is 6.32. The van der Waals surface area contributed by atoms with Gasteiger partial charge in [-0.25, -0.2) is 0 Å². The number of Topliss-reactive ketones (excluding diaryl/α,β-unsaturated/α-hetero) is 1. The zero-order valence-electron chi connectivity index (χ0n) is 15.6. The first-order valence-corrected chi connectivity index (χ1v) is 8.94. The number of aryl methyl sites for hydroxylation is 2. The quantitative estimate of drug-likeness (QED) is 0.769. The molecule has 4 rings (SSSR count). The molecule has 5 heteroatoms. The summed E-state index contributed by atoms with van der Waals surface area (Å²) in [4.78, 5) is 15.1. The summed E-state index contributed by atoms with van der Waals surface area (Å²) in [7, 11) is 0. The molecule has 2 aliphatic heterocycles. The van der Waals surface area contributed by atoms with Gasteiger partial charge >= 0.3 is 0 Å². The first-order valence-electron chi connectivity index (χ1n) is 8.94. The van der Waals surface area contributed by atoms with Crippen LogP contribution in [-0.4, -0.2) is 24.0 Å². The maximum Gasteiger partial charge on any atom is 0.232 e. The molecule has 0 aliphatic carbocycles. The highest BCUT2D eigenvalue weighted by molar-refractivity contribution is 6.15. The zero-order valence-corrected chi connectivity index (χ0v) is 15.6. The molecule has 0 atom stereocenters. The van der Waals surface area contributed by atoms with E-state index in [1.807, 2.05) is 32.0 Å². The number of hydrogen-bond donors (Lipinski definition) is 0. The first-order chi connectivity index (χ1) is 12.4. The Hall–Kier alpha value is -2.53. The molecule has 1 aromatic heterocycles. The summed E-state index contributed by atoms with van der Waals surface area (Å²) in [6, 6.07) is 5.64. The Labute approximate surface area is 153 Å². The minimum atomic E-state index is -0.102. The molecule has 1 aromatic carbocycles. The Morgan fingerprint density at radius 2 is 2.08 bits per heavy atom. The van der Waals surface area contributed by atoms with Crippen molar-refractivity contribution in [2.24, 2.45) is 5.92 Å². The predicted octanol–water partition coefficient (Wildman–Crippen LogP) is 4.32. The van der Waals surface area contributed by atoms with Crippen LogP contribution >= 0.6 is 0 Å². The zero-order chi connectivity index (χ0) is 18.4. The van der Waals surface area contributed by atoms with Gasteiger partial charge in [-0.1, -0.05) is 13.8 Å². The summed E-state index contributed by atoms with van der Waals surface area (Å²) in [6.45, 7) is 10.4. The number of furan rings is 1. The van der Waals surface area contributed by atoms with Crippen LogP contribution in [0.5, 0.6) is 11.5 Å². The smallest absolute Gasteiger partial charge is 0.232 e. The van der Waals surface area contributed by atoms with Crippen LogP contribution in [0.3, 0.4) is 0 Å². The molecule has 0 radical (unpaired) electrons. The van der Waals surface area contributed by atoms with Gasteiger partial charge in [-0.2, -0.15) is 0 Å². The maximum absolute atomic E-state index is 12.9. The number of hydrogen-bond acceptors (Lipinski definition) is 5. The Balaban J connectivity index is 1.71. The largest absolute Gasteiger partial charge is 0.478 e. The van der Waals surface area contributed by atoms with E-state index < -0.39 is 0 Å². The van der Waals surface area contributed by atoms with E-state index in [0.29, 0.717) is 35.5 Å². The van der Waals surface area contributed by atoms with Crippen molar-refractivity contribution in [3.05, 3.63) is 52.2 Å². The third-order valence-electron chi connectivity index (χ3n) is 4.65. The van der Waals surface area contributed by atoms with Crippen LogP contribution in [-0.2, 0) is 6.54 Å². The van der Waals surface area contributed by atoms with Gasteiger partial charge < -0.3 is 13.9 Å². The average molecular weight is 353 g/mol. The van der Waals surface area contributed by atoms with Gasteiger partial charge in [0.05, 0.1) is 11.1 Å². The lowest BCUT2D eigenvalue weighted by Crippen LogP contribution is -2.35. The van der Waals surface area contributed by atoms with Crippen molar-refractivity contribution in [3.63, 3.8) is 0 Å². The number of ether oxygens (including phenoxy) is 2. The van der Waals surface area contributed by atoms with Crippen LogP contribution < -0.4 is 9.47 Å². The normalized spacial score (nSPS) is 18.0. The van der Waals surface area contributed by atoms with E-state index in [1.165, 1.54) is 0 Å². The molecule has 5 nitrogen and oxygen atoms in total. The van der Waals surface area contributed by atoms with E-state index in [0.717, 1.165) is 35.7 Å². The van der Waals surface area contributed by atoms with E-state index in [2.05, 4.69) is 18.7 Å². The van der Waals surface area contributed by atoms with E-state index in [4.69, 9.17) is 13.9 Å². The number of carbonyl (C=O) groups excluding carboxylic acids is 1. The van der Waals surface area contributed by atoms with Gasteiger partial charge in [-0.15, -0.1) is 0 Å². The second-order valence-corrected chi connectivity index (χ2v) is 7.44. The molecule has 0 bridgehead atoms. The highest BCUT2D eigenvalue weighted by Crippen LogP contribution is 2.44. The molecule has 3 heterocycles. The minimum Gasteiger partial charge on any atom is -0.478 e. The molecule has 0 saturated carbocycles. The van der Waals surface area contributed by atoms with Crippen molar-refractivity contribution in [2.45, 2.75) is 34.2 Å². The van der Waals surface area contributed by atoms with Crippen LogP contribution in [0.2, 0.25) is 0 Å². The lowest BCUT2D eigenvalue weighted by atomic mass is 9.98. The summed E-state index contributed by atoms with van der Waals surface area (Å²) >= 11 is 0. The number of rotatable bonds is 3. The number of carbonyl (C=O) groups is 1. The molecule has 26 heavy (non-hydrogen) atoms. The Morgan fingerprint density at radius 3 is 2.77 bits per heavy atom. The summed E-state index contributed by atoms with van der Waals surface area (Å²) in [5, 5.41) is 0. The van der Waals surface area contributed by atoms with Gasteiger partial charge in [0, 0.05) is 19.2 Å². The van der Waals surface area contributed by atoms with Gasteiger partial charge in [-0.05, 0) is 43.5 Å². The van der Waals surface area contributed by atoms with Crippen molar-refractivity contribution < 1.29 is 18.7 Å². The van der Waals surface area contributed by atoms with E-state index >= 15 is 0 Å². The SMILES string of the molecule is Cc1ccc(/C=C2\Oc3c4c(cc(C)c3C2=O)OCN(CC(C)C)C4)o1. The van der Waals surface area contributed by atoms with Crippen molar-refractivity contribution in [2.75, 3.05) is 13.3 Å². The van der Waals surface area contributed by atoms with Crippen LogP contribution in [0, 0.1) is 19.8 Å². The van der Waals surface area contributed by atoms with Crippen molar-refractivity contribution in [1.82, 2.24) is 4.90 Å². The van der Waals surface area contributed by atoms with E-state index in [1.54, 1.807) is 6.08 Å². The van der Waals surface area contributed by atoms with Gasteiger partial charge in [0.1, 0.15) is 29.8 Å². The molecular weight excluding hydrogens is 330 g/mol. The predicted molar refractivity (Wildman–Crippen MR) is 98.3 cm³/mol.